The highest BCUT2D eigenvalue weighted by molar-refractivity contribution is 7.13. The highest BCUT2D eigenvalue weighted by atomic mass is 32.1. The van der Waals surface area contributed by atoms with Crippen molar-refractivity contribution < 1.29 is 14.3 Å². The maximum Gasteiger partial charge on any atom is 0.261 e. The van der Waals surface area contributed by atoms with Gasteiger partial charge in [-0.3, -0.25) is 9.59 Å². The first kappa shape index (κ1) is 20.7. The quantitative estimate of drug-likeness (QED) is 0.575. The van der Waals surface area contributed by atoms with Crippen LogP contribution >= 0.6 is 11.3 Å². The van der Waals surface area contributed by atoms with Gasteiger partial charge >= 0.3 is 0 Å². The number of thiophene rings is 1. The van der Waals surface area contributed by atoms with E-state index in [4.69, 9.17) is 9.47 Å². The van der Waals surface area contributed by atoms with Gasteiger partial charge in [-0.2, -0.15) is 0 Å². The standard InChI is InChI=1S/C22H24N2O4S/c1-4-27-18-11-8-15(13-19(18)28-5-2)14(3)23-21(25)16-9-10-17(24-22(16)26)20-7-6-12-29-20/h6-14H,4-5H2,1-3H3,(H,23,25)(H,24,26). The Balaban J connectivity index is 1.76. The van der Waals surface area contributed by atoms with Crippen LogP contribution in [0.4, 0.5) is 0 Å². The van der Waals surface area contributed by atoms with Crippen molar-refractivity contribution in [3.8, 4) is 22.1 Å². The SMILES string of the molecule is CCOc1ccc(C(C)NC(=O)c2ccc(-c3cccs3)[nH]c2=O)cc1OCC. The first-order valence-electron chi connectivity index (χ1n) is 9.51. The third kappa shape index (κ3) is 4.86. The van der Waals surface area contributed by atoms with E-state index in [0.29, 0.717) is 30.4 Å². The van der Waals surface area contributed by atoms with Gasteiger partial charge in [0, 0.05) is 0 Å². The van der Waals surface area contributed by atoms with E-state index in [1.54, 1.807) is 12.1 Å². The Morgan fingerprint density at radius 2 is 1.86 bits per heavy atom. The van der Waals surface area contributed by atoms with Crippen molar-refractivity contribution >= 4 is 17.2 Å². The summed E-state index contributed by atoms with van der Waals surface area (Å²) in [7, 11) is 0. The second-order valence-electron chi connectivity index (χ2n) is 6.36. The highest BCUT2D eigenvalue weighted by Gasteiger charge is 2.17. The molecule has 0 bridgehead atoms. The number of carbonyl (C=O) groups excluding carboxylic acids is 1. The van der Waals surface area contributed by atoms with Crippen LogP contribution in [0.1, 0.15) is 42.7 Å². The topological polar surface area (TPSA) is 80.4 Å². The molecule has 1 aromatic carbocycles. The van der Waals surface area contributed by atoms with E-state index in [0.717, 1.165) is 10.4 Å². The first-order valence-corrected chi connectivity index (χ1v) is 10.4. The lowest BCUT2D eigenvalue weighted by Gasteiger charge is -2.17. The van der Waals surface area contributed by atoms with E-state index in [1.165, 1.54) is 11.3 Å². The van der Waals surface area contributed by atoms with Crippen molar-refractivity contribution in [3.63, 3.8) is 0 Å². The van der Waals surface area contributed by atoms with Crippen LogP contribution < -0.4 is 20.3 Å². The van der Waals surface area contributed by atoms with Gasteiger partial charge in [0.1, 0.15) is 5.56 Å². The van der Waals surface area contributed by atoms with Gasteiger partial charge in [0.05, 0.1) is 29.8 Å². The molecule has 1 atom stereocenters. The molecule has 2 heterocycles. The minimum absolute atomic E-state index is 0.0770. The molecule has 3 rings (SSSR count). The van der Waals surface area contributed by atoms with Gasteiger partial charge in [-0.25, -0.2) is 0 Å². The van der Waals surface area contributed by atoms with Crippen molar-refractivity contribution in [3.05, 3.63) is 69.3 Å². The number of hydrogen-bond acceptors (Lipinski definition) is 5. The van der Waals surface area contributed by atoms with Crippen LogP contribution in [0.25, 0.3) is 10.6 Å². The summed E-state index contributed by atoms with van der Waals surface area (Å²) in [6, 6.07) is 12.4. The predicted octanol–water partition coefficient (Wildman–Crippen LogP) is 4.39. The fourth-order valence-corrected chi connectivity index (χ4v) is 3.63. The first-order chi connectivity index (χ1) is 14.0. The highest BCUT2D eigenvalue weighted by Crippen LogP contribution is 2.30. The fraction of sp³-hybridized carbons (Fsp3) is 0.273. The van der Waals surface area contributed by atoms with E-state index in [2.05, 4.69) is 10.3 Å². The lowest BCUT2D eigenvalue weighted by atomic mass is 10.1. The molecule has 1 unspecified atom stereocenters. The third-order valence-corrected chi connectivity index (χ3v) is 5.26. The Kier molecular flexibility index (Phi) is 6.72. The predicted molar refractivity (Wildman–Crippen MR) is 115 cm³/mol. The number of aromatic amines is 1. The largest absolute Gasteiger partial charge is 0.490 e. The number of H-pyrrole nitrogens is 1. The molecule has 3 aromatic rings. The summed E-state index contributed by atoms with van der Waals surface area (Å²) in [4.78, 5) is 28.8. The van der Waals surface area contributed by atoms with Gasteiger partial charge < -0.3 is 19.8 Å². The molecule has 0 saturated carbocycles. The molecule has 0 aliphatic heterocycles. The van der Waals surface area contributed by atoms with Crippen LogP contribution in [-0.4, -0.2) is 24.1 Å². The maximum absolute atomic E-state index is 12.6. The molecule has 0 spiro atoms. The van der Waals surface area contributed by atoms with E-state index in [-0.39, 0.29) is 11.6 Å². The number of ether oxygens (including phenoxy) is 2. The van der Waals surface area contributed by atoms with Gasteiger partial charge in [-0.15, -0.1) is 11.3 Å². The number of pyridine rings is 1. The molecule has 2 aromatic heterocycles. The summed E-state index contributed by atoms with van der Waals surface area (Å²) >= 11 is 1.52. The molecule has 2 N–H and O–H groups in total. The van der Waals surface area contributed by atoms with E-state index in [1.807, 2.05) is 56.5 Å². The van der Waals surface area contributed by atoms with Gasteiger partial charge in [-0.1, -0.05) is 12.1 Å². The molecule has 0 radical (unpaired) electrons. The van der Waals surface area contributed by atoms with Gasteiger partial charge in [0.25, 0.3) is 11.5 Å². The lowest BCUT2D eigenvalue weighted by molar-refractivity contribution is 0.0938. The van der Waals surface area contributed by atoms with Crippen molar-refractivity contribution in [1.29, 1.82) is 0 Å². The molecule has 0 aliphatic rings. The van der Waals surface area contributed by atoms with E-state index in [9.17, 15) is 9.59 Å². The molecule has 0 aliphatic carbocycles. The number of nitrogens with one attached hydrogen (secondary N) is 2. The molecule has 1 amide bonds. The minimum atomic E-state index is -0.427. The number of aromatic nitrogens is 1. The van der Waals surface area contributed by atoms with Crippen LogP contribution in [0.3, 0.4) is 0 Å². The zero-order valence-corrected chi connectivity index (χ0v) is 17.5. The zero-order valence-electron chi connectivity index (χ0n) is 16.7. The number of amides is 1. The summed E-state index contributed by atoms with van der Waals surface area (Å²) < 4.78 is 11.2. The number of benzene rings is 1. The van der Waals surface area contributed by atoms with Crippen molar-refractivity contribution in [1.82, 2.24) is 10.3 Å². The molecule has 29 heavy (non-hydrogen) atoms. The molecule has 7 heteroatoms. The molecule has 0 fully saturated rings. The van der Waals surface area contributed by atoms with Crippen LogP contribution in [0.15, 0.2) is 52.6 Å². The Labute approximate surface area is 173 Å². The van der Waals surface area contributed by atoms with Crippen LogP contribution in [0, 0.1) is 0 Å². The zero-order chi connectivity index (χ0) is 20.8. The number of hydrogen-bond donors (Lipinski definition) is 2. The third-order valence-electron chi connectivity index (χ3n) is 4.36. The lowest BCUT2D eigenvalue weighted by Crippen LogP contribution is -2.31. The molecule has 0 saturated heterocycles. The average molecular weight is 413 g/mol. The summed E-state index contributed by atoms with van der Waals surface area (Å²) in [6.45, 7) is 6.72. The van der Waals surface area contributed by atoms with Crippen LogP contribution in [0.5, 0.6) is 11.5 Å². The second kappa shape index (κ2) is 9.43. The normalized spacial score (nSPS) is 11.7. The number of carbonyl (C=O) groups is 1. The maximum atomic E-state index is 12.6. The summed E-state index contributed by atoms with van der Waals surface area (Å²) in [6.07, 6.45) is 0. The van der Waals surface area contributed by atoms with Gasteiger partial charge in [0.2, 0.25) is 0 Å². The Morgan fingerprint density at radius 3 is 2.52 bits per heavy atom. The smallest absolute Gasteiger partial charge is 0.261 e. The van der Waals surface area contributed by atoms with Gasteiger partial charge in [-0.05, 0) is 62.0 Å². The summed E-state index contributed by atoms with van der Waals surface area (Å²) in [5.74, 6) is 0.867. The Hall–Kier alpha value is -3.06. The average Bonchev–Trinajstić information content (AvgIpc) is 3.24. The van der Waals surface area contributed by atoms with E-state index >= 15 is 0 Å². The monoisotopic (exact) mass is 412 g/mol. The van der Waals surface area contributed by atoms with E-state index < -0.39 is 11.5 Å². The molecule has 152 valence electrons. The fourth-order valence-electron chi connectivity index (χ4n) is 2.92. The molecular weight excluding hydrogens is 388 g/mol. The van der Waals surface area contributed by atoms with Crippen molar-refractivity contribution in [2.45, 2.75) is 26.8 Å². The minimum Gasteiger partial charge on any atom is -0.490 e. The van der Waals surface area contributed by atoms with Crippen molar-refractivity contribution in [2.24, 2.45) is 0 Å². The van der Waals surface area contributed by atoms with Crippen LogP contribution in [-0.2, 0) is 0 Å². The van der Waals surface area contributed by atoms with Crippen LogP contribution in [0.2, 0.25) is 0 Å². The van der Waals surface area contributed by atoms with Gasteiger partial charge in [0.15, 0.2) is 11.5 Å². The van der Waals surface area contributed by atoms with Crippen molar-refractivity contribution in [2.75, 3.05) is 13.2 Å². The second-order valence-corrected chi connectivity index (χ2v) is 7.31. The Bertz CT molecular complexity index is 1030. The molecule has 6 nitrogen and oxygen atoms in total. The molecular formula is C22H24N2O4S. The Morgan fingerprint density at radius 1 is 1.10 bits per heavy atom. The number of rotatable bonds is 8. The summed E-state index contributed by atoms with van der Waals surface area (Å²) in [5, 5.41) is 4.81. The summed E-state index contributed by atoms with van der Waals surface area (Å²) in [5.41, 5.74) is 1.22.